The van der Waals surface area contributed by atoms with Gasteiger partial charge in [0.15, 0.2) is 0 Å². The van der Waals surface area contributed by atoms with Gasteiger partial charge < -0.3 is 5.32 Å². The summed E-state index contributed by atoms with van der Waals surface area (Å²) in [7, 11) is 0. The molecule has 0 amide bonds. The minimum atomic E-state index is -0.216. The van der Waals surface area contributed by atoms with Crippen LogP contribution in [0, 0.1) is 5.82 Å². The van der Waals surface area contributed by atoms with Gasteiger partial charge in [0.2, 0.25) is 0 Å². The van der Waals surface area contributed by atoms with Gasteiger partial charge >= 0.3 is 0 Å². The minimum absolute atomic E-state index is 0.216. The van der Waals surface area contributed by atoms with Gasteiger partial charge in [0.1, 0.15) is 5.82 Å². The second kappa shape index (κ2) is 6.53. The fourth-order valence-corrected chi connectivity index (χ4v) is 2.69. The van der Waals surface area contributed by atoms with E-state index in [2.05, 4.69) is 50.2 Å². The number of nitrogens with one attached hydrogen (secondary N) is 1. The van der Waals surface area contributed by atoms with Crippen molar-refractivity contribution >= 4 is 37.5 Å². The van der Waals surface area contributed by atoms with Crippen LogP contribution < -0.4 is 5.32 Å². The van der Waals surface area contributed by atoms with Crippen LogP contribution in [-0.4, -0.2) is 0 Å². The third-order valence-corrected chi connectivity index (χ3v) is 4.19. The highest BCUT2D eigenvalue weighted by molar-refractivity contribution is 9.10. The minimum Gasteiger partial charge on any atom is -0.381 e. The van der Waals surface area contributed by atoms with Crippen LogP contribution in [0.5, 0.6) is 0 Å². The quantitative estimate of drug-likeness (QED) is 0.728. The highest BCUT2D eigenvalue weighted by Crippen LogP contribution is 2.24. The Morgan fingerprint density at radius 1 is 1.05 bits per heavy atom. The molecule has 0 spiro atoms. The van der Waals surface area contributed by atoms with E-state index in [-0.39, 0.29) is 5.82 Å². The summed E-state index contributed by atoms with van der Waals surface area (Å²) in [4.78, 5) is 0. The van der Waals surface area contributed by atoms with Crippen LogP contribution in [0.1, 0.15) is 18.1 Å². The molecule has 0 aliphatic heterocycles. The monoisotopic (exact) mass is 385 g/mol. The van der Waals surface area contributed by atoms with E-state index in [1.54, 1.807) is 12.1 Å². The molecule has 0 radical (unpaired) electrons. The molecular formula is C15H14Br2FN. The fourth-order valence-electron chi connectivity index (χ4n) is 1.90. The summed E-state index contributed by atoms with van der Waals surface area (Å²) >= 11 is 6.91. The second-order valence-corrected chi connectivity index (χ2v) is 6.01. The maximum atomic E-state index is 13.2. The van der Waals surface area contributed by atoms with E-state index in [1.807, 2.05) is 12.1 Å². The number of benzene rings is 2. The van der Waals surface area contributed by atoms with Gasteiger partial charge in [0.05, 0.1) is 0 Å². The molecule has 2 rings (SSSR count). The first-order chi connectivity index (χ1) is 9.10. The summed E-state index contributed by atoms with van der Waals surface area (Å²) in [6.07, 6.45) is 0.950. The molecular weight excluding hydrogens is 373 g/mol. The lowest BCUT2D eigenvalue weighted by Crippen LogP contribution is -2.03. The predicted octanol–water partition coefficient (Wildman–Crippen LogP) is 5.53. The lowest BCUT2D eigenvalue weighted by atomic mass is 10.1. The Morgan fingerprint density at radius 3 is 2.58 bits per heavy atom. The molecule has 0 aromatic heterocycles. The third kappa shape index (κ3) is 3.80. The van der Waals surface area contributed by atoms with Gasteiger partial charge in [-0.1, -0.05) is 38.8 Å². The lowest BCUT2D eigenvalue weighted by Gasteiger charge is -2.12. The highest BCUT2D eigenvalue weighted by atomic mass is 79.9. The van der Waals surface area contributed by atoms with E-state index in [0.717, 1.165) is 26.6 Å². The number of hydrogen-bond donors (Lipinski definition) is 1. The van der Waals surface area contributed by atoms with E-state index in [1.165, 1.54) is 11.6 Å². The molecule has 0 atom stereocenters. The molecule has 19 heavy (non-hydrogen) atoms. The summed E-state index contributed by atoms with van der Waals surface area (Å²) in [5, 5.41) is 3.36. The molecule has 0 unspecified atom stereocenters. The van der Waals surface area contributed by atoms with Crippen LogP contribution in [0.3, 0.4) is 0 Å². The number of halogens is 3. The van der Waals surface area contributed by atoms with E-state index < -0.39 is 0 Å². The topological polar surface area (TPSA) is 12.0 Å². The molecule has 1 nitrogen and oxygen atoms in total. The first-order valence-corrected chi connectivity index (χ1v) is 7.65. The summed E-state index contributed by atoms with van der Waals surface area (Å²) in [6, 6.07) is 10.9. The molecule has 4 heteroatoms. The Balaban J connectivity index is 2.16. The van der Waals surface area contributed by atoms with Gasteiger partial charge in [-0.3, -0.25) is 0 Å². The van der Waals surface area contributed by atoms with Crippen LogP contribution in [-0.2, 0) is 13.0 Å². The van der Waals surface area contributed by atoms with Crippen molar-refractivity contribution in [3.05, 3.63) is 62.3 Å². The number of hydrogen-bond acceptors (Lipinski definition) is 1. The van der Waals surface area contributed by atoms with Crippen molar-refractivity contribution in [2.45, 2.75) is 19.9 Å². The lowest BCUT2D eigenvalue weighted by molar-refractivity contribution is 0.625. The summed E-state index contributed by atoms with van der Waals surface area (Å²) in [5.41, 5.74) is 3.23. The molecule has 0 aliphatic rings. The zero-order valence-electron chi connectivity index (χ0n) is 10.5. The van der Waals surface area contributed by atoms with Crippen LogP contribution >= 0.6 is 31.9 Å². The van der Waals surface area contributed by atoms with E-state index in [0.29, 0.717) is 6.54 Å². The van der Waals surface area contributed by atoms with Gasteiger partial charge in [-0.15, -0.1) is 0 Å². The van der Waals surface area contributed by atoms with Crippen molar-refractivity contribution in [3.8, 4) is 0 Å². The Morgan fingerprint density at radius 2 is 1.84 bits per heavy atom. The van der Waals surface area contributed by atoms with E-state index in [4.69, 9.17) is 0 Å². The molecule has 0 aliphatic carbocycles. The maximum absolute atomic E-state index is 13.2. The first kappa shape index (κ1) is 14.5. The molecule has 0 saturated carbocycles. The average molecular weight is 387 g/mol. The molecule has 1 N–H and O–H groups in total. The van der Waals surface area contributed by atoms with Crippen LogP contribution in [0.25, 0.3) is 0 Å². The smallest absolute Gasteiger partial charge is 0.123 e. The molecule has 0 saturated heterocycles. The zero-order valence-corrected chi connectivity index (χ0v) is 13.7. The summed E-state index contributed by atoms with van der Waals surface area (Å²) in [5.74, 6) is -0.216. The second-order valence-electron chi connectivity index (χ2n) is 4.24. The Labute approximate surface area is 129 Å². The van der Waals surface area contributed by atoms with Crippen molar-refractivity contribution in [2.75, 3.05) is 5.32 Å². The van der Waals surface area contributed by atoms with E-state index >= 15 is 0 Å². The van der Waals surface area contributed by atoms with Crippen molar-refractivity contribution in [3.63, 3.8) is 0 Å². The van der Waals surface area contributed by atoms with Gasteiger partial charge in [-0.25, -0.2) is 4.39 Å². The van der Waals surface area contributed by atoms with E-state index in [9.17, 15) is 4.39 Å². The highest BCUT2D eigenvalue weighted by Gasteiger charge is 2.04. The van der Waals surface area contributed by atoms with Crippen LogP contribution in [0.4, 0.5) is 10.1 Å². The van der Waals surface area contributed by atoms with Gasteiger partial charge in [0.25, 0.3) is 0 Å². The summed E-state index contributed by atoms with van der Waals surface area (Å²) < 4.78 is 15.2. The Kier molecular flexibility index (Phi) is 4.99. The SMILES string of the molecule is CCc1cc(Br)ccc1NCc1cc(F)ccc1Br. The largest absolute Gasteiger partial charge is 0.381 e. The molecule has 2 aromatic rings. The maximum Gasteiger partial charge on any atom is 0.123 e. The van der Waals surface area contributed by atoms with Gasteiger partial charge in [-0.2, -0.15) is 0 Å². The van der Waals surface area contributed by atoms with Crippen molar-refractivity contribution < 1.29 is 4.39 Å². The first-order valence-electron chi connectivity index (χ1n) is 6.06. The van der Waals surface area contributed by atoms with Crippen molar-refractivity contribution in [2.24, 2.45) is 0 Å². The molecule has 0 heterocycles. The number of aryl methyl sites for hydroxylation is 1. The van der Waals surface area contributed by atoms with Gasteiger partial charge in [-0.05, 0) is 53.9 Å². The van der Waals surface area contributed by atoms with Crippen LogP contribution in [0.15, 0.2) is 45.3 Å². The molecule has 100 valence electrons. The van der Waals surface area contributed by atoms with Crippen LogP contribution in [0.2, 0.25) is 0 Å². The predicted molar refractivity (Wildman–Crippen MR) is 84.9 cm³/mol. The fraction of sp³-hybridized carbons (Fsp3) is 0.200. The summed E-state index contributed by atoms with van der Waals surface area (Å²) in [6.45, 7) is 2.71. The zero-order chi connectivity index (χ0) is 13.8. The molecule has 2 aromatic carbocycles. The average Bonchev–Trinajstić information content (AvgIpc) is 2.40. The Hall–Kier alpha value is -0.870. The van der Waals surface area contributed by atoms with Gasteiger partial charge in [0, 0.05) is 21.2 Å². The number of rotatable bonds is 4. The normalized spacial score (nSPS) is 10.5. The standard InChI is InChI=1S/C15H14Br2FN/c1-2-10-7-12(16)3-6-15(10)19-9-11-8-13(18)4-5-14(11)17/h3-8,19H,2,9H2,1H3. The molecule has 0 bridgehead atoms. The van der Waals surface area contributed by atoms with Crippen molar-refractivity contribution in [1.29, 1.82) is 0 Å². The Bertz CT molecular complexity index is 584. The van der Waals surface area contributed by atoms with Crippen molar-refractivity contribution in [1.82, 2.24) is 0 Å². The third-order valence-electron chi connectivity index (χ3n) is 2.93. The number of anilines is 1. The molecule has 0 fully saturated rings.